The van der Waals surface area contributed by atoms with E-state index in [4.69, 9.17) is 10.00 Å². The highest BCUT2D eigenvalue weighted by atomic mass is 32.2. The van der Waals surface area contributed by atoms with E-state index in [9.17, 15) is 18.5 Å². The summed E-state index contributed by atoms with van der Waals surface area (Å²) in [6.07, 6.45) is 2.53. The molecule has 9 heteroatoms. The third-order valence-electron chi connectivity index (χ3n) is 5.51. The lowest BCUT2D eigenvalue weighted by molar-refractivity contribution is -0.385. The van der Waals surface area contributed by atoms with Crippen LogP contribution in [0.15, 0.2) is 71.6 Å². The smallest absolute Gasteiger partial charge is 0.312 e. The minimum atomic E-state index is -3.80. The van der Waals surface area contributed by atoms with Gasteiger partial charge in [0.25, 0.3) is 0 Å². The molecule has 1 aliphatic rings. The first-order chi connectivity index (χ1) is 15.9. The third kappa shape index (κ3) is 4.87. The van der Waals surface area contributed by atoms with E-state index in [1.54, 1.807) is 36.4 Å². The second kappa shape index (κ2) is 9.40. The quantitative estimate of drug-likeness (QED) is 0.371. The molecule has 4 rings (SSSR count). The molecule has 0 bridgehead atoms. The van der Waals surface area contributed by atoms with Gasteiger partial charge in [-0.15, -0.1) is 0 Å². The molecule has 0 saturated carbocycles. The summed E-state index contributed by atoms with van der Waals surface area (Å²) in [5.41, 5.74) is 1.96. The van der Waals surface area contributed by atoms with Crippen LogP contribution < -0.4 is 4.74 Å². The lowest BCUT2D eigenvalue weighted by Crippen LogP contribution is -2.35. The molecule has 1 saturated heterocycles. The number of piperidine rings is 1. The Morgan fingerprint density at radius 2 is 1.52 bits per heavy atom. The predicted molar refractivity (Wildman–Crippen MR) is 122 cm³/mol. The zero-order valence-electron chi connectivity index (χ0n) is 17.7. The van der Waals surface area contributed by atoms with Crippen LogP contribution in [0.3, 0.4) is 0 Å². The first-order valence-electron chi connectivity index (χ1n) is 10.5. The van der Waals surface area contributed by atoms with Crippen molar-refractivity contribution >= 4 is 15.7 Å². The molecular weight excluding hydrogens is 442 g/mol. The molecule has 1 aliphatic heterocycles. The average molecular weight is 464 g/mol. The largest absolute Gasteiger partial charge is 0.450 e. The van der Waals surface area contributed by atoms with E-state index in [1.165, 1.54) is 16.4 Å². The van der Waals surface area contributed by atoms with Crippen LogP contribution >= 0.6 is 0 Å². The number of rotatable bonds is 6. The monoisotopic (exact) mass is 463 g/mol. The molecule has 0 N–H and O–H groups in total. The van der Waals surface area contributed by atoms with Crippen LogP contribution in [-0.4, -0.2) is 30.7 Å². The number of hydrogen-bond acceptors (Lipinski definition) is 6. The molecule has 3 aromatic rings. The van der Waals surface area contributed by atoms with Gasteiger partial charge in [0, 0.05) is 19.2 Å². The van der Waals surface area contributed by atoms with E-state index in [2.05, 4.69) is 6.07 Å². The fourth-order valence-corrected chi connectivity index (χ4v) is 5.26. The van der Waals surface area contributed by atoms with Crippen molar-refractivity contribution in [2.75, 3.05) is 13.1 Å². The number of nitrogens with zero attached hydrogens (tertiary/aromatic N) is 3. The highest BCUT2D eigenvalue weighted by molar-refractivity contribution is 7.89. The standard InChI is InChI=1S/C24H21N3O5S/c25-17-18-4-6-19(7-5-18)20-8-10-21(11-9-20)32-24-13-12-22(16-23(24)27(28)29)33(30,31)26-14-2-1-3-15-26/h4-13,16H,1-3,14-15H2. The number of nitro benzene ring substituents is 1. The molecule has 1 heterocycles. The van der Waals surface area contributed by atoms with Crippen molar-refractivity contribution in [1.82, 2.24) is 4.31 Å². The van der Waals surface area contributed by atoms with Crippen LogP contribution in [0.4, 0.5) is 5.69 Å². The van der Waals surface area contributed by atoms with Gasteiger partial charge in [-0.2, -0.15) is 9.57 Å². The van der Waals surface area contributed by atoms with Gasteiger partial charge in [0.15, 0.2) is 0 Å². The number of hydrogen-bond donors (Lipinski definition) is 0. The molecule has 0 unspecified atom stereocenters. The molecule has 0 atom stereocenters. The van der Waals surface area contributed by atoms with Crippen molar-refractivity contribution in [3.63, 3.8) is 0 Å². The SMILES string of the molecule is N#Cc1ccc(-c2ccc(Oc3ccc(S(=O)(=O)N4CCCCC4)cc3[N+](=O)[O-])cc2)cc1. The van der Waals surface area contributed by atoms with Crippen LogP contribution in [0.25, 0.3) is 11.1 Å². The molecule has 33 heavy (non-hydrogen) atoms. The summed E-state index contributed by atoms with van der Waals surface area (Å²) >= 11 is 0. The Morgan fingerprint density at radius 3 is 2.09 bits per heavy atom. The zero-order valence-corrected chi connectivity index (χ0v) is 18.5. The van der Waals surface area contributed by atoms with Gasteiger partial charge in [0.1, 0.15) is 5.75 Å². The van der Waals surface area contributed by atoms with Gasteiger partial charge in [-0.1, -0.05) is 30.7 Å². The van der Waals surface area contributed by atoms with Crippen molar-refractivity contribution in [2.45, 2.75) is 24.2 Å². The normalized spacial score (nSPS) is 14.4. The number of nitro groups is 1. The molecule has 168 valence electrons. The van der Waals surface area contributed by atoms with Gasteiger partial charge in [-0.3, -0.25) is 10.1 Å². The van der Waals surface area contributed by atoms with E-state index in [-0.39, 0.29) is 10.6 Å². The third-order valence-corrected chi connectivity index (χ3v) is 7.40. The average Bonchev–Trinajstić information content (AvgIpc) is 2.85. The minimum Gasteiger partial charge on any atom is -0.450 e. The van der Waals surface area contributed by atoms with Gasteiger partial charge in [0.2, 0.25) is 15.8 Å². The highest BCUT2D eigenvalue weighted by Crippen LogP contribution is 2.35. The Bertz CT molecular complexity index is 1310. The minimum absolute atomic E-state index is 0.0382. The molecule has 3 aromatic carbocycles. The van der Waals surface area contributed by atoms with Gasteiger partial charge in [0.05, 0.1) is 21.5 Å². The summed E-state index contributed by atoms with van der Waals surface area (Å²) in [6, 6.07) is 19.9. The first-order valence-corrected chi connectivity index (χ1v) is 11.9. The summed E-state index contributed by atoms with van der Waals surface area (Å²) in [4.78, 5) is 10.9. The van der Waals surface area contributed by atoms with Crippen molar-refractivity contribution < 1.29 is 18.1 Å². The van der Waals surface area contributed by atoms with Crippen LogP contribution in [0.5, 0.6) is 11.5 Å². The fourth-order valence-electron chi connectivity index (χ4n) is 3.72. The van der Waals surface area contributed by atoms with Crippen molar-refractivity contribution in [3.8, 4) is 28.7 Å². The molecule has 0 aromatic heterocycles. The molecule has 0 radical (unpaired) electrons. The zero-order chi connectivity index (χ0) is 23.4. The number of nitriles is 1. The second-order valence-corrected chi connectivity index (χ2v) is 9.60. The predicted octanol–water partition coefficient (Wildman–Crippen LogP) is 5.10. The van der Waals surface area contributed by atoms with E-state index >= 15 is 0 Å². The summed E-state index contributed by atoms with van der Waals surface area (Å²) in [5.74, 6) is 0.339. The summed E-state index contributed by atoms with van der Waals surface area (Å²) in [6.45, 7) is 0.833. The Kier molecular flexibility index (Phi) is 6.40. The number of benzene rings is 3. The molecule has 0 aliphatic carbocycles. The Balaban J connectivity index is 1.57. The topological polar surface area (TPSA) is 114 Å². The maximum absolute atomic E-state index is 12.9. The fraction of sp³-hybridized carbons (Fsp3) is 0.208. The van der Waals surface area contributed by atoms with Gasteiger partial charge in [-0.05, 0) is 60.4 Å². The second-order valence-electron chi connectivity index (χ2n) is 7.67. The van der Waals surface area contributed by atoms with E-state index < -0.39 is 20.6 Å². The van der Waals surface area contributed by atoms with E-state index in [0.29, 0.717) is 24.4 Å². The highest BCUT2D eigenvalue weighted by Gasteiger charge is 2.29. The maximum atomic E-state index is 12.9. The van der Waals surface area contributed by atoms with Crippen molar-refractivity contribution in [2.24, 2.45) is 0 Å². The summed E-state index contributed by atoms with van der Waals surface area (Å²) in [7, 11) is -3.80. The lowest BCUT2D eigenvalue weighted by Gasteiger charge is -2.25. The number of ether oxygens (including phenoxy) is 1. The Morgan fingerprint density at radius 1 is 0.909 bits per heavy atom. The molecule has 0 spiro atoms. The van der Waals surface area contributed by atoms with Crippen molar-refractivity contribution in [1.29, 1.82) is 5.26 Å². The summed E-state index contributed by atoms with van der Waals surface area (Å²) in [5, 5.41) is 20.6. The Labute approximate surface area is 191 Å². The molecule has 0 amide bonds. The summed E-state index contributed by atoms with van der Waals surface area (Å²) < 4.78 is 32.9. The maximum Gasteiger partial charge on any atom is 0.312 e. The van der Waals surface area contributed by atoms with E-state index in [1.807, 2.05) is 12.1 Å². The lowest BCUT2D eigenvalue weighted by atomic mass is 10.0. The van der Waals surface area contributed by atoms with Crippen LogP contribution in [-0.2, 0) is 10.0 Å². The van der Waals surface area contributed by atoms with Gasteiger partial charge >= 0.3 is 5.69 Å². The van der Waals surface area contributed by atoms with E-state index in [0.717, 1.165) is 36.5 Å². The van der Waals surface area contributed by atoms with Gasteiger partial charge in [-0.25, -0.2) is 8.42 Å². The van der Waals surface area contributed by atoms with Crippen LogP contribution in [0.1, 0.15) is 24.8 Å². The number of sulfonamides is 1. The molecular formula is C24H21N3O5S. The van der Waals surface area contributed by atoms with Gasteiger partial charge < -0.3 is 4.74 Å². The molecule has 8 nitrogen and oxygen atoms in total. The van der Waals surface area contributed by atoms with Crippen LogP contribution in [0.2, 0.25) is 0 Å². The first kappa shape index (κ1) is 22.5. The van der Waals surface area contributed by atoms with Crippen LogP contribution in [0, 0.1) is 21.4 Å². The Hall–Kier alpha value is -3.74. The molecule has 1 fully saturated rings. The van der Waals surface area contributed by atoms with Crippen molar-refractivity contribution in [3.05, 3.63) is 82.4 Å².